The molecule has 0 N–H and O–H groups in total. The molecule has 5 nitrogen and oxygen atoms in total. The number of anilines is 3. The molecule has 1 aromatic heterocycles. The zero-order chi connectivity index (χ0) is 45.7. The fourth-order valence-corrected chi connectivity index (χ4v) is 5.10. The minimum atomic E-state index is -0.892. The van der Waals surface area contributed by atoms with E-state index in [9.17, 15) is 5.48 Å². The van der Waals surface area contributed by atoms with E-state index in [2.05, 4.69) is 0 Å². The molecule has 1 heterocycles. The van der Waals surface area contributed by atoms with E-state index in [1.54, 1.807) is 42.5 Å². The highest BCUT2D eigenvalue weighted by Crippen LogP contribution is 2.38. The van der Waals surface area contributed by atoms with Crippen LogP contribution in [0.25, 0.3) is 45.3 Å². The first kappa shape index (κ1) is 18.6. The van der Waals surface area contributed by atoms with Crippen molar-refractivity contribution in [1.82, 2.24) is 15.0 Å². The second kappa shape index (κ2) is 14.1. The number of para-hydroxylation sites is 3. The molecule has 0 saturated carbocycles. The van der Waals surface area contributed by atoms with Crippen LogP contribution in [0.2, 0.25) is 0 Å². The Labute approximate surface area is 311 Å². The van der Waals surface area contributed by atoms with E-state index in [-0.39, 0.29) is 22.7 Å². The van der Waals surface area contributed by atoms with Crippen LogP contribution in [0.15, 0.2) is 194 Å². The number of hydrogen-bond donors (Lipinski definition) is 0. The highest BCUT2D eigenvalue weighted by molar-refractivity contribution is 5.80. The van der Waals surface area contributed by atoms with Crippen LogP contribution in [-0.2, 0) is 0 Å². The highest BCUT2D eigenvalue weighted by Gasteiger charge is 2.16. The highest BCUT2D eigenvalue weighted by atomic mass is 16.5. The molecule has 50 heavy (non-hydrogen) atoms. The molecule has 8 rings (SSSR count). The Kier molecular flexibility index (Phi) is 5.25. The molecule has 0 bridgehead atoms. The van der Waals surface area contributed by atoms with Crippen LogP contribution in [0.5, 0.6) is 11.5 Å². The van der Waals surface area contributed by atoms with Gasteiger partial charge in [0.05, 0.1) is 19.2 Å². The molecule has 0 aliphatic heterocycles. The lowest BCUT2D eigenvalue weighted by Crippen LogP contribution is -2.09. The van der Waals surface area contributed by atoms with Gasteiger partial charge in [0.15, 0.2) is 17.5 Å². The zero-order valence-corrected chi connectivity index (χ0v) is 26.1. The third-order valence-corrected chi connectivity index (χ3v) is 7.39. The number of benzene rings is 7. The van der Waals surface area contributed by atoms with Crippen LogP contribution in [-0.4, -0.2) is 15.0 Å². The summed E-state index contributed by atoms with van der Waals surface area (Å²) in [5.41, 5.74) is -0.718. The van der Waals surface area contributed by atoms with Gasteiger partial charge in [-0.1, -0.05) is 127 Å². The molecule has 0 fully saturated rings. The topological polar surface area (TPSA) is 51.1 Å². The van der Waals surface area contributed by atoms with E-state index in [0.717, 1.165) is 0 Å². The summed E-state index contributed by atoms with van der Waals surface area (Å²) < 4.78 is 129. The van der Waals surface area contributed by atoms with Crippen molar-refractivity contribution < 1.29 is 23.9 Å². The van der Waals surface area contributed by atoms with Crippen molar-refractivity contribution in [1.29, 1.82) is 0 Å². The van der Waals surface area contributed by atoms with Crippen molar-refractivity contribution in [2.75, 3.05) is 4.90 Å². The Morgan fingerprint density at radius 2 is 0.820 bits per heavy atom. The summed E-state index contributed by atoms with van der Waals surface area (Å²) in [4.78, 5) is 15.0. The van der Waals surface area contributed by atoms with Gasteiger partial charge in [-0.25, -0.2) is 15.0 Å². The number of rotatable bonds is 9. The van der Waals surface area contributed by atoms with E-state index in [4.69, 9.17) is 33.4 Å². The van der Waals surface area contributed by atoms with Gasteiger partial charge in [-0.3, -0.25) is 0 Å². The number of aromatic nitrogens is 3. The summed E-state index contributed by atoms with van der Waals surface area (Å²) >= 11 is 0. The summed E-state index contributed by atoms with van der Waals surface area (Å²) in [5, 5.41) is 0. The second-order valence-corrected chi connectivity index (χ2v) is 10.7. The predicted molar refractivity (Wildman–Crippen MR) is 203 cm³/mol. The van der Waals surface area contributed by atoms with Gasteiger partial charge in [-0.05, 0) is 77.7 Å². The van der Waals surface area contributed by atoms with E-state index in [0.29, 0.717) is 39.0 Å². The van der Waals surface area contributed by atoms with Gasteiger partial charge < -0.3 is 9.64 Å². The molecular formula is C45H32N4O. The van der Waals surface area contributed by atoms with E-state index in [1.165, 1.54) is 6.07 Å². The van der Waals surface area contributed by atoms with Crippen molar-refractivity contribution in [2.24, 2.45) is 0 Å². The Morgan fingerprint density at radius 1 is 0.380 bits per heavy atom. The van der Waals surface area contributed by atoms with Crippen molar-refractivity contribution in [2.45, 2.75) is 0 Å². The summed E-state index contributed by atoms with van der Waals surface area (Å²) in [6.07, 6.45) is 0. The molecule has 8 aromatic rings. The van der Waals surface area contributed by atoms with Crippen LogP contribution < -0.4 is 9.64 Å². The molecule has 238 valence electrons. The van der Waals surface area contributed by atoms with Gasteiger partial charge >= 0.3 is 0 Å². The monoisotopic (exact) mass is 658 g/mol. The summed E-state index contributed by atoms with van der Waals surface area (Å²) in [5.74, 6) is 1.48. The molecule has 0 saturated heterocycles. The van der Waals surface area contributed by atoms with Gasteiger partial charge in [-0.2, -0.15) is 0 Å². The van der Waals surface area contributed by atoms with Gasteiger partial charge in [0.25, 0.3) is 0 Å². The molecule has 0 aliphatic carbocycles. The number of nitrogens with zero attached hydrogens (tertiary/aromatic N) is 4. The SMILES string of the molecule is [2H]c1c([2H])c([2H])c(N(c2c([2H])c([2H])c([2H])c([2H])c2[2H])c2c([2H])c([2H])c(-c3cc(Oc4ccccc4)cc(-c4nc(-c5ccccc5)nc(-c5ccccc5)n4)c3)c([2H])c2[2H])c([2H])c1[2H]. The molecule has 0 atom stereocenters. The molecule has 0 radical (unpaired) electrons. The standard InChI is InChI=1S/C45H32N4O/c1-6-16-34(17-7-1)43-46-44(35-18-8-2-9-19-35)48-45(47-43)37-30-36(31-42(32-37)50-41-24-14-5-15-25-41)33-26-28-40(29-27-33)49(38-20-10-3-11-21-38)39-22-12-4-13-23-39/h1-32H/i3D,4D,10D,11D,12D,13D,20D,21D,22D,23D,26D,27D,28D,29D. The third kappa shape index (κ3) is 6.75. The number of hydrogen-bond acceptors (Lipinski definition) is 5. The van der Waals surface area contributed by atoms with Crippen LogP contribution in [0, 0.1) is 0 Å². The van der Waals surface area contributed by atoms with E-state index >= 15 is 0 Å². The lowest BCUT2D eigenvalue weighted by Gasteiger charge is -2.25. The first-order valence-electron chi connectivity index (χ1n) is 22.4. The Balaban J connectivity index is 1.41. The lowest BCUT2D eigenvalue weighted by molar-refractivity contribution is 0.483. The van der Waals surface area contributed by atoms with Gasteiger partial charge in [0.2, 0.25) is 0 Å². The molecule has 0 aliphatic rings. The van der Waals surface area contributed by atoms with Crippen molar-refractivity contribution in [3.63, 3.8) is 0 Å². The van der Waals surface area contributed by atoms with Gasteiger partial charge in [-0.15, -0.1) is 0 Å². The first-order chi connectivity index (χ1) is 30.6. The van der Waals surface area contributed by atoms with Crippen LogP contribution in [0.3, 0.4) is 0 Å². The fourth-order valence-electron chi connectivity index (χ4n) is 5.10. The Morgan fingerprint density at radius 3 is 1.34 bits per heavy atom. The quantitative estimate of drug-likeness (QED) is 0.154. The van der Waals surface area contributed by atoms with Crippen molar-refractivity contribution >= 4 is 17.1 Å². The Hall–Kier alpha value is -6.85. The largest absolute Gasteiger partial charge is 0.457 e. The van der Waals surface area contributed by atoms with Crippen LogP contribution >= 0.6 is 0 Å². The minimum absolute atomic E-state index is 0.104. The molecule has 0 amide bonds. The average molecular weight is 659 g/mol. The fraction of sp³-hybridized carbons (Fsp3) is 0. The van der Waals surface area contributed by atoms with E-state index < -0.39 is 102 Å². The first-order valence-corrected chi connectivity index (χ1v) is 15.4. The second-order valence-electron chi connectivity index (χ2n) is 10.7. The minimum Gasteiger partial charge on any atom is -0.457 e. The summed E-state index contributed by atoms with van der Waals surface area (Å²) in [6.45, 7) is 0. The molecule has 7 aromatic carbocycles. The van der Waals surface area contributed by atoms with Gasteiger partial charge in [0, 0.05) is 33.8 Å². The maximum Gasteiger partial charge on any atom is 0.164 e. The maximum absolute atomic E-state index is 9.45. The van der Waals surface area contributed by atoms with Crippen LogP contribution in [0.1, 0.15) is 19.2 Å². The molecule has 0 spiro atoms. The summed E-state index contributed by atoms with van der Waals surface area (Å²) in [7, 11) is 0. The van der Waals surface area contributed by atoms with Gasteiger partial charge in [0.1, 0.15) is 11.5 Å². The third-order valence-electron chi connectivity index (χ3n) is 7.39. The number of ether oxygens (including phenoxy) is 1. The zero-order valence-electron chi connectivity index (χ0n) is 40.1. The molecule has 5 heteroatoms. The van der Waals surface area contributed by atoms with Crippen LogP contribution in [0.4, 0.5) is 17.1 Å². The lowest BCUT2D eigenvalue weighted by atomic mass is 10.0. The average Bonchev–Trinajstić information content (AvgIpc) is 3.31. The summed E-state index contributed by atoms with van der Waals surface area (Å²) in [6, 6.07) is 20.3. The van der Waals surface area contributed by atoms with Crippen molar-refractivity contribution in [3.8, 4) is 56.8 Å². The van der Waals surface area contributed by atoms with Crippen molar-refractivity contribution in [3.05, 3.63) is 194 Å². The van der Waals surface area contributed by atoms with E-state index in [1.807, 2.05) is 60.7 Å². The smallest absolute Gasteiger partial charge is 0.164 e. The molecule has 0 unspecified atom stereocenters. The predicted octanol–water partition coefficient (Wildman–Crippen LogP) is 11.8. The Bertz CT molecular complexity index is 2930. The molecular weight excluding hydrogens is 613 g/mol. The maximum atomic E-state index is 9.45. The normalized spacial score (nSPS) is 14.7.